The molecular formula is C28H27F4O6S2+. The minimum absolute atomic E-state index is 0.0513. The normalized spacial score (nSPS) is 24.5. The molecule has 1 saturated heterocycles. The molecule has 2 fully saturated rings. The molecule has 0 radical (unpaired) electrons. The molecule has 5 rings (SSSR count). The lowest BCUT2D eigenvalue weighted by atomic mass is 10.1. The number of fused-ring (bicyclic) bond motifs is 1. The number of alkyl halides is 2. The second kappa shape index (κ2) is 10.6. The summed E-state index contributed by atoms with van der Waals surface area (Å²) in [5, 5.41) is -4.53. The number of ether oxygens (including phenoxy) is 3. The van der Waals surface area contributed by atoms with Crippen LogP contribution in [-0.4, -0.2) is 36.5 Å². The van der Waals surface area contributed by atoms with Gasteiger partial charge in [-0.2, -0.15) is 17.2 Å². The Balaban J connectivity index is 1.45. The number of hydrogen-bond acceptors (Lipinski definition) is 5. The fourth-order valence-electron chi connectivity index (χ4n) is 4.99. The van der Waals surface area contributed by atoms with E-state index in [4.69, 9.17) is 18.8 Å². The highest BCUT2D eigenvalue weighted by Crippen LogP contribution is 2.44. The molecule has 4 unspecified atom stereocenters. The van der Waals surface area contributed by atoms with E-state index in [0.29, 0.717) is 9.79 Å². The van der Waals surface area contributed by atoms with Crippen molar-refractivity contribution >= 4 is 21.0 Å². The second-order valence-corrected chi connectivity index (χ2v) is 13.4. The predicted molar refractivity (Wildman–Crippen MR) is 139 cm³/mol. The zero-order chi connectivity index (χ0) is 28.9. The topological polar surface area (TPSA) is 82.1 Å². The third-order valence-corrected chi connectivity index (χ3v) is 10.2. The van der Waals surface area contributed by atoms with Crippen molar-refractivity contribution in [3.05, 3.63) is 83.9 Å². The average Bonchev–Trinajstić information content (AvgIpc) is 3.43. The van der Waals surface area contributed by atoms with Gasteiger partial charge in [-0.25, -0.2) is 8.78 Å². The Morgan fingerprint density at radius 2 is 1.43 bits per heavy atom. The highest BCUT2D eigenvalue weighted by atomic mass is 32.2. The SMILES string of the molecule is CC(Oc1ccc([S+](c2ccc(C3(C)OC4CCCC4O3)cc2)c2cc(F)cc(F)c2)cc1)C(F)(F)S(=O)(=O)O. The van der Waals surface area contributed by atoms with E-state index in [1.807, 2.05) is 31.2 Å². The molecule has 1 heterocycles. The van der Waals surface area contributed by atoms with Gasteiger partial charge in [-0.3, -0.25) is 4.55 Å². The molecule has 0 bridgehead atoms. The van der Waals surface area contributed by atoms with Crippen molar-refractivity contribution in [2.45, 2.75) is 77.1 Å². The molecule has 3 aromatic rings. The minimum Gasteiger partial charge on any atom is -0.483 e. The van der Waals surface area contributed by atoms with Crippen molar-refractivity contribution in [3.63, 3.8) is 0 Å². The molecule has 0 aromatic heterocycles. The van der Waals surface area contributed by atoms with Gasteiger partial charge in [0.1, 0.15) is 17.4 Å². The van der Waals surface area contributed by atoms with Gasteiger partial charge in [0, 0.05) is 23.8 Å². The Hall–Kier alpha value is -2.64. The zero-order valence-electron chi connectivity index (χ0n) is 21.5. The summed E-state index contributed by atoms with van der Waals surface area (Å²) < 4.78 is 105. The third-order valence-electron chi connectivity index (χ3n) is 7.02. The van der Waals surface area contributed by atoms with Gasteiger partial charge in [-0.1, -0.05) is 0 Å². The molecule has 2 aliphatic rings. The maximum atomic E-state index is 14.2. The third kappa shape index (κ3) is 5.60. The van der Waals surface area contributed by atoms with Crippen molar-refractivity contribution in [1.82, 2.24) is 0 Å². The van der Waals surface area contributed by atoms with Gasteiger partial charge in [0.25, 0.3) is 0 Å². The maximum Gasteiger partial charge on any atom is 0.405 e. The van der Waals surface area contributed by atoms with E-state index in [9.17, 15) is 26.0 Å². The van der Waals surface area contributed by atoms with E-state index in [-0.39, 0.29) is 18.0 Å². The largest absolute Gasteiger partial charge is 0.483 e. The van der Waals surface area contributed by atoms with Crippen molar-refractivity contribution in [3.8, 4) is 5.75 Å². The molecule has 1 aliphatic heterocycles. The first-order valence-electron chi connectivity index (χ1n) is 12.5. The first-order valence-corrected chi connectivity index (χ1v) is 15.2. The molecule has 3 aromatic carbocycles. The van der Waals surface area contributed by atoms with Gasteiger partial charge in [-0.15, -0.1) is 0 Å². The molecule has 6 nitrogen and oxygen atoms in total. The van der Waals surface area contributed by atoms with Gasteiger partial charge < -0.3 is 14.2 Å². The van der Waals surface area contributed by atoms with Crippen molar-refractivity contribution in [1.29, 1.82) is 0 Å². The average molecular weight is 600 g/mol. The quantitative estimate of drug-likeness (QED) is 0.182. The van der Waals surface area contributed by atoms with E-state index < -0.39 is 49.8 Å². The summed E-state index contributed by atoms with van der Waals surface area (Å²) in [7, 11) is -6.70. The Kier molecular flexibility index (Phi) is 7.68. The van der Waals surface area contributed by atoms with Crippen LogP contribution in [0.3, 0.4) is 0 Å². The van der Waals surface area contributed by atoms with E-state index in [0.717, 1.165) is 42.7 Å². The number of hydrogen-bond donors (Lipinski definition) is 1. The minimum atomic E-state index is -5.69. The highest BCUT2D eigenvalue weighted by molar-refractivity contribution is 7.97. The fourth-order valence-corrected chi connectivity index (χ4v) is 7.55. The Morgan fingerprint density at radius 1 is 0.925 bits per heavy atom. The Labute approximate surface area is 232 Å². The van der Waals surface area contributed by atoms with Crippen LogP contribution in [0.15, 0.2) is 81.4 Å². The molecule has 1 saturated carbocycles. The molecule has 214 valence electrons. The van der Waals surface area contributed by atoms with Crippen LogP contribution in [0, 0.1) is 11.6 Å². The van der Waals surface area contributed by atoms with Gasteiger partial charge >= 0.3 is 15.4 Å². The predicted octanol–water partition coefficient (Wildman–Crippen LogP) is 6.45. The summed E-state index contributed by atoms with van der Waals surface area (Å²) in [5.41, 5.74) is 0.803. The van der Waals surface area contributed by atoms with Gasteiger partial charge in [-0.05, 0) is 81.6 Å². The van der Waals surface area contributed by atoms with Gasteiger partial charge in [0.15, 0.2) is 26.6 Å². The molecular weight excluding hydrogens is 572 g/mol. The first kappa shape index (κ1) is 28.9. The number of benzene rings is 3. The zero-order valence-corrected chi connectivity index (χ0v) is 23.2. The summed E-state index contributed by atoms with van der Waals surface area (Å²) in [6, 6.07) is 16.3. The lowest BCUT2D eigenvalue weighted by Crippen LogP contribution is -2.42. The number of halogens is 4. The van der Waals surface area contributed by atoms with Crippen LogP contribution in [0.2, 0.25) is 0 Å². The molecule has 12 heteroatoms. The van der Waals surface area contributed by atoms with Crippen molar-refractivity contribution in [2.75, 3.05) is 0 Å². The second-order valence-electron chi connectivity index (χ2n) is 9.89. The molecule has 1 aliphatic carbocycles. The van der Waals surface area contributed by atoms with Crippen LogP contribution < -0.4 is 4.74 Å². The fraction of sp³-hybridized carbons (Fsp3) is 0.357. The first-order chi connectivity index (χ1) is 18.8. The van der Waals surface area contributed by atoms with Crippen LogP contribution in [0.4, 0.5) is 17.6 Å². The summed E-state index contributed by atoms with van der Waals surface area (Å²) >= 11 is 0. The Morgan fingerprint density at radius 3 is 1.93 bits per heavy atom. The number of rotatable bonds is 8. The van der Waals surface area contributed by atoms with Crippen LogP contribution in [0.25, 0.3) is 0 Å². The molecule has 40 heavy (non-hydrogen) atoms. The van der Waals surface area contributed by atoms with Crippen LogP contribution in [0.1, 0.15) is 38.7 Å². The summed E-state index contributed by atoms with van der Waals surface area (Å²) in [4.78, 5) is 1.66. The van der Waals surface area contributed by atoms with Gasteiger partial charge in [0.05, 0.1) is 23.1 Å². The monoisotopic (exact) mass is 599 g/mol. The summed E-state index contributed by atoms with van der Waals surface area (Å²) in [6.07, 6.45) is 0.865. The van der Waals surface area contributed by atoms with E-state index in [1.165, 1.54) is 24.3 Å². The molecule has 4 atom stereocenters. The van der Waals surface area contributed by atoms with E-state index in [2.05, 4.69) is 0 Å². The smallest absolute Gasteiger partial charge is 0.405 e. The lowest BCUT2D eigenvalue weighted by Gasteiger charge is -2.25. The van der Waals surface area contributed by atoms with Crippen LogP contribution in [-0.2, 0) is 36.3 Å². The van der Waals surface area contributed by atoms with Crippen molar-refractivity contribution in [2.24, 2.45) is 0 Å². The maximum absolute atomic E-state index is 14.2. The standard InChI is InChI=1S/C28H26F4O6S2/c1-17(28(31,32)40(33,34)35)36-21-8-12-23(13-9-21)39(24-15-19(29)14-20(30)16-24)22-10-6-18(7-11-22)27(2)37-25-4-3-5-26(25)38-27/h6-17,25-26H,3-5H2,1-2H3/p+1. The Bertz CT molecular complexity index is 1450. The molecule has 0 amide bonds. The van der Waals surface area contributed by atoms with E-state index >= 15 is 0 Å². The summed E-state index contributed by atoms with van der Waals surface area (Å²) in [5.74, 6) is -2.50. The van der Waals surface area contributed by atoms with Crippen molar-refractivity contribution < 1.29 is 44.7 Å². The van der Waals surface area contributed by atoms with Gasteiger partial charge in [0.2, 0.25) is 0 Å². The molecule has 0 spiro atoms. The highest BCUT2D eigenvalue weighted by Gasteiger charge is 2.51. The van der Waals surface area contributed by atoms with E-state index in [1.54, 1.807) is 12.1 Å². The lowest BCUT2D eigenvalue weighted by molar-refractivity contribution is -0.174. The summed E-state index contributed by atoms with van der Waals surface area (Å²) in [6.45, 7) is 2.68. The van der Waals surface area contributed by atoms with Crippen LogP contribution in [0.5, 0.6) is 5.75 Å². The van der Waals surface area contributed by atoms with Crippen LogP contribution >= 0.6 is 0 Å². The molecule has 1 N–H and O–H groups in total.